The van der Waals surface area contributed by atoms with E-state index in [0.29, 0.717) is 6.07 Å². The Hall–Kier alpha value is -1.75. The molecule has 0 fully saturated rings. The van der Waals surface area contributed by atoms with Crippen LogP contribution in [0.5, 0.6) is 11.6 Å². The number of ether oxygens (including phenoxy) is 2. The van der Waals surface area contributed by atoms with E-state index in [-0.39, 0.29) is 0 Å². The lowest BCUT2D eigenvalue weighted by atomic mass is 10.4. The molecule has 0 bridgehead atoms. The number of primary sulfonamides is 1. The summed E-state index contributed by atoms with van der Waals surface area (Å²) in [6, 6.07) is 0.301. The van der Waals surface area contributed by atoms with E-state index in [1.54, 1.807) is 0 Å². The van der Waals surface area contributed by atoms with Crippen molar-refractivity contribution < 1.29 is 31.1 Å². The summed E-state index contributed by atoms with van der Waals surface area (Å²) in [6.45, 7) is 0. The first kappa shape index (κ1) is 14.3. The molecule has 0 atom stereocenters. The fraction of sp³-hybridized carbons (Fsp3) is 0.286. The van der Waals surface area contributed by atoms with Crippen molar-refractivity contribution in [2.75, 3.05) is 7.11 Å². The molecular weight excluding hydrogens is 281 g/mol. The number of pyridine rings is 1. The highest BCUT2D eigenvalue weighted by Crippen LogP contribution is 2.32. The molecule has 0 saturated carbocycles. The van der Waals surface area contributed by atoms with Gasteiger partial charge in [-0.05, 0) is 0 Å². The van der Waals surface area contributed by atoms with Crippen LogP contribution in [-0.2, 0) is 10.0 Å². The third kappa shape index (κ3) is 3.37. The largest absolute Gasteiger partial charge is 0.573 e. The van der Waals surface area contributed by atoms with Crippen molar-refractivity contribution in [2.45, 2.75) is 11.3 Å². The second-order valence-corrected chi connectivity index (χ2v) is 4.45. The molecule has 1 rings (SSSR count). The van der Waals surface area contributed by atoms with Gasteiger partial charge in [-0.1, -0.05) is 0 Å². The fourth-order valence-electron chi connectivity index (χ4n) is 1.11. The summed E-state index contributed by atoms with van der Waals surface area (Å²) in [5, 5.41) is 4.73. The maximum absolute atomic E-state index is 12.1. The zero-order valence-electron chi connectivity index (χ0n) is 8.74. The lowest BCUT2D eigenvalue weighted by molar-refractivity contribution is -0.275. The Morgan fingerprint density at radius 3 is 2.33 bits per heavy atom. The molecule has 1 aromatic rings. The van der Waals surface area contributed by atoms with E-state index in [0.717, 1.165) is 7.11 Å². The molecule has 0 aromatic carbocycles. The van der Waals surface area contributed by atoms with Crippen LogP contribution in [0.3, 0.4) is 0 Å². The van der Waals surface area contributed by atoms with Crippen molar-refractivity contribution in [1.29, 1.82) is 0 Å². The second kappa shape index (κ2) is 4.49. The van der Waals surface area contributed by atoms with E-state index in [4.69, 9.17) is 5.14 Å². The molecule has 0 saturated heterocycles. The van der Waals surface area contributed by atoms with Gasteiger partial charge in [-0.25, -0.2) is 13.6 Å². The topological polar surface area (TPSA) is 111 Å². The van der Waals surface area contributed by atoms with Crippen LogP contribution in [0.2, 0.25) is 0 Å². The first-order chi connectivity index (χ1) is 8.04. The highest BCUT2D eigenvalue weighted by atomic mass is 32.2. The Morgan fingerprint density at radius 1 is 1.39 bits per heavy atom. The van der Waals surface area contributed by atoms with Crippen molar-refractivity contribution in [1.82, 2.24) is 4.98 Å². The molecule has 11 heteroatoms. The molecule has 7 nitrogen and oxygen atoms in total. The molecule has 3 N–H and O–H groups in total. The summed E-state index contributed by atoms with van der Waals surface area (Å²) in [7, 11) is -3.64. The summed E-state index contributed by atoms with van der Waals surface area (Å²) >= 11 is 0. The molecule has 0 aliphatic rings. The van der Waals surface area contributed by atoms with E-state index in [1.807, 2.05) is 4.98 Å². The van der Waals surface area contributed by atoms with Crippen LogP contribution in [0.25, 0.3) is 0 Å². The second-order valence-electron chi connectivity index (χ2n) is 2.95. The fourth-order valence-corrected chi connectivity index (χ4v) is 1.89. The number of aromatic amines is 1. The van der Waals surface area contributed by atoms with Gasteiger partial charge in [0.2, 0.25) is 15.9 Å². The summed E-state index contributed by atoms with van der Waals surface area (Å²) in [5.41, 5.74) is -1.04. The number of hydrogen-bond donors (Lipinski definition) is 2. The highest BCUT2D eigenvalue weighted by Gasteiger charge is 2.35. The van der Waals surface area contributed by atoms with Crippen LogP contribution in [-0.4, -0.2) is 26.9 Å². The zero-order chi connectivity index (χ0) is 14.1. The maximum atomic E-state index is 12.1. The molecule has 1 heterocycles. The minimum Gasteiger partial charge on any atom is -0.481 e. The molecule has 0 unspecified atom stereocenters. The van der Waals surface area contributed by atoms with Gasteiger partial charge in [-0.15, -0.1) is 13.2 Å². The lowest BCUT2D eigenvalue weighted by Gasteiger charge is -2.13. The highest BCUT2D eigenvalue weighted by molar-refractivity contribution is 7.89. The van der Waals surface area contributed by atoms with Crippen molar-refractivity contribution in [3.63, 3.8) is 0 Å². The van der Waals surface area contributed by atoms with Gasteiger partial charge in [0.05, 0.1) is 7.11 Å². The third-order valence-corrected chi connectivity index (χ3v) is 2.60. The van der Waals surface area contributed by atoms with E-state index in [2.05, 4.69) is 9.47 Å². The maximum Gasteiger partial charge on any atom is 0.573 e. The Labute approximate surface area is 98.4 Å². The zero-order valence-corrected chi connectivity index (χ0v) is 9.55. The molecule has 0 aliphatic heterocycles. The van der Waals surface area contributed by atoms with Crippen molar-refractivity contribution in [3.05, 3.63) is 16.4 Å². The Bertz CT molecular complexity index is 606. The molecule has 0 amide bonds. The van der Waals surface area contributed by atoms with E-state index in [1.165, 1.54) is 0 Å². The quantitative estimate of drug-likeness (QED) is 0.808. The van der Waals surface area contributed by atoms with Gasteiger partial charge in [0, 0.05) is 6.07 Å². The predicted molar refractivity (Wildman–Crippen MR) is 51.7 cm³/mol. The monoisotopic (exact) mass is 288 g/mol. The van der Waals surface area contributed by atoms with Crippen molar-refractivity contribution in [2.24, 2.45) is 5.14 Å². The third-order valence-electron chi connectivity index (χ3n) is 1.64. The first-order valence-electron chi connectivity index (χ1n) is 4.14. The van der Waals surface area contributed by atoms with Gasteiger partial charge in [-0.3, -0.25) is 9.78 Å². The van der Waals surface area contributed by atoms with Gasteiger partial charge in [-0.2, -0.15) is 0 Å². The molecule has 102 valence electrons. The van der Waals surface area contributed by atoms with Gasteiger partial charge >= 0.3 is 6.36 Å². The minimum atomic E-state index is -5.18. The average molecular weight is 288 g/mol. The Morgan fingerprint density at radius 2 is 1.94 bits per heavy atom. The number of H-pyrrole nitrogens is 1. The summed E-state index contributed by atoms with van der Waals surface area (Å²) in [5.74, 6) is -2.00. The Kier molecular flexibility index (Phi) is 3.57. The molecule has 0 spiro atoms. The number of halogens is 3. The van der Waals surface area contributed by atoms with E-state index in [9.17, 15) is 26.4 Å². The number of nitrogens with two attached hydrogens (primary N) is 1. The molecule has 18 heavy (non-hydrogen) atoms. The molecule has 1 aromatic heterocycles. The normalized spacial score (nSPS) is 12.3. The van der Waals surface area contributed by atoms with Crippen molar-refractivity contribution in [3.8, 4) is 11.6 Å². The lowest BCUT2D eigenvalue weighted by Crippen LogP contribution is -2.24. The van der Waals surface area contributed by atoms with E-state index >= 15 is 0 Å². The van der Waals surface area contributed by atoms with Gasteiger partial charge < -0.3 is 9.47 Å². The van der Waals surface area contributed by atoms with Gasteiger partial charge in [0.25, 0.3) is 5.56 Å². The summed E-state index contributed by atoms with van der Waals surface area (Å²) < 4.78 is 66.4. The Balaban J connectivity index is 3.58. The van der Waals surface area contributed by atoms with Crippen molar-refractivity contribution >= 4 is 10.0 Å². The van der Waals surface area contributed by atoms with Crippen LogP contribution >= 0.6 is 0 Å². The summed E-state index contributed by atoms with van der Waals surface area (Å²) in [6.07, 6.45) is -5.18. The molecule has 0 aliphatic carbocycles. The van der Waals surface area contributed by atoms with Crippen LogP contribution in [0.1, 0.15) is 0 Å². The van der Waals surface area contributed by atoms with Gasteiger partial charge in [0.15, 0.2) is 10.6 Å². The van der Waals surface area contributed by atoms with Crippen LogP contribution in [0.4, 0.5) is 13.2 Å². The standard InChI is InChI=1S/C7H7F3N2O5S/c1-16-6-5(18(11,14)15)3(2-4(13)12-6)17-7(8,9)10/h2H,1H3,(H,12,13)(H2,11,14,15). The number of sulfonamides is 1. The molecular formula is C7H7F3N2O5S. The average Bonchev–Trinajstić information content (AvgIpc) is 2.11. The van der Waals surface area contributed by atoms with Crippen LogP contribution in [0, 0.1) is 0 Å². The smallest absolute Gasteiger partial charge is 0.481 e. The van der Waals surface area contributed by atoms with Gasteiger partial charge in [0.1, 0.15) is 0 Å². The predicted octanol–water partition coefficient (Wildman–Crippen LogP) is -0.0705. The number of hydrogen-bond acceptors (Lipinski definition) is 5. The number of nitrogens with one attached hydrogen (secondary N) is 1. The minimum absolute atomic E-state index is 0.301. The van der Waals surface area contributed by atoms with Crippen LogP contribution in [0.15, 0.2) is 15.8 Å². The first-order valence-corrected chi connectivity index (χ1v) is 5.69. The number of rotatable bonds is 3. The number of alkyl halides is 3. The number of methoxy groups -OCH3 is 1. The van der Waals surface area contributed by atoms with Crippen LogP contribution < -0.4 is 20.2 Å². The summed E-state index contributed by atoms with van der Waals surface area (Å²) in [4.78, 5) is 11.8. The number of aromatic nitrogens is 1. The molecule has 0 radical (unpaired) electrons. The van der Waals surface area contributed by atoms with E-state index < -0.39 is 38.5 Å². The SMILES string of the molecule is COc1[nH]c(=O)cc(OC(F)(F)F)c1S(N)(=O)=O.